The van der Waals surface area contributed by atoms with Crippen molar-refractivity contribution in [2.75, 3.05) is 5.32 Å². The van der Waals surface area contributed by atoms with Gasteiger partial charge in [-0.3, -0.25) is 9.67 Å². The second kappa shape index (κ2) is 4.88. The third-order valence-corrected chi connectivity index (χ3v) is 2.92. The van der Waals surface area contributed by atoms with Crippen molar-refractivity contribution in [2.24, 2.45) is 7.05 Å². The van der Waals surface area contributed by atoms with Crippen LogP contribution in [0.3, 0.4) is 0 Å². The zero-order valence-corrected chi connectivity index (χ0v) is 10.7. The highest BCUT2D eigenvalue weighted by Crippen LogP contribution is 2.18. The molecule has 92 valence electrons. The number of rotatable bonds is 3. The number of aromatic nitrogens is 3. The van der Waals surface area contributed by atoms with Crippen LogP contribution in [-0.2, 0) is 13.6 Å². The SMILES string of the molecule is Cc1cnccc1CNc1c(C#N)c(C)nn1C. The van der Waals surface area contributed by atoms with Crippen LogP contribution in [0.15, 0.2) is 18.5 Å². The summed E-state index contributed by atoms with van der Waals surface area (Å²) in [5, 5.41) is 16.6. The third kappa shape index (κ3) is 2.18. The molecule has 0 bridgehead atoms. The van der Waals surface area contributed by atoms with Gasteiger partial charge in [-0.25, -0.2) is 0 Å². The molecule has 0 radical (unpaired) electrons. The lowest BCUT2D eigenvalue weighted by atomic mass is 10.1. The summed E-state index contributed by atoms with van der Waals surface area (Å²) >= 11 is 0. The topological polar surface area (TPSA) is 66.5 Å². The summed E-state index contributed by atoms with van der Waals surface area (Å²) < 4.78 is 1.70. The number of aryl methyl sites for hydroxylation is 3. The summed E-state index contributed by atoms with van der Waals surface area (Å²) in [6.45, 7) is 4.51. The van der Waals surface area contributed by atoms with Gasteiger partial charge in [0, 0.05) is 26.0 Å². The highest BCUT2D eigenvalue weighted by atomic mass is 15.3. The van der Waals surface area contributed by atoms with Crippen molar-refractivity contribution in [3.05, 3.63) is 40.8 Å². The molecule has 0 saturated carbocycles. The normalized spacial score (nSPS) is 10.1. The maximum absolute atomic E-state index is 9.11. The van der Waals surface area contributed by atoms with E-state index in [-0.39, 0.29) is 0 Å². The second-order valence-corrected chi connectivity index (χ2v) is 4.20. The van der Waals surface area contributed by atoms with Crippen LogP contribution in [0.5, 0.6) is 0 Å². The highest BCUT2D eigenvalue weighted by molar-refractivity contribution is 5.55. The quantitative estimate of drug-likeness (QED) is 0.891. The van der Waals surface area contributed by atoms with E-state index in [4.69, 9.17) is 5.26 Å². The molecular formula is C13H15N5. The molecule has 2 aromatic rings. The molecule has 0 aliphatic carbocycles. The number of hydrogen-bond donors (Lipinski definition) is 1. The van der Waals surface area contributed by atoms with Gasteiger partial charge in [-0.15, -0.1) is 0 Å². The molecule has 0 unspecified atom stereocenters. The zero-order valence-electron chi connectivity index (χ0n) is 10.7. The molecule has 0 aliphatic heterocycles. The van der Waals surface area contributed by atoms with E-state index < -0.39 is 0 Å². The van der Waals surface area contributed by atoms with Gasteiger partial charge in [0.1, 0.15) is 17.5 Å². The van der Waals surface area contributed by atoms with E-state index in [0.29, 0.717) is 12.1 Å². The Morgan fingerprint density at radius 3 is 2.89 bits per heavy atom. The lowest BCUT2D eigenvalue weighted by Gasteiger charge is -2.09. The monoisotopic (exact) mass is 241 g/mol. The molecule has 0 spiro atoms. The van der Waals surface area contributed by atoms with Crippen molar-refractivity contribution in [3.8, 4) is 6.07 Å². The molecule has 18 heavy (non-hydrogen) atoms. The zero-order chi connectivity index (χ0) is 13.1. The lowest BCUT2D eigenvalue weighted by molar-refractivity contribution is 0.758. The number of nitriles is 1. The van der Waals surface area contributed by atoms with Crippen LogP contribution in [0.2, 0.25) is 0 Å². The van der Waals surface area contributed by atoms with Crippen LogP contribution in [0.1, 0.15) is 22.4 Å². The van der Waals surface area contributed by atoms with E-state index in [1.807, 2.05) is 33.2 Å². The van der Waals surface area contributed by atoms with E-state index in [0.717, 1.165) is 22.6 Å². The van der Waals surface area contributed by atoms with Gasteiger partial charge in [0.2, 0.25) is 0 Å². The van der Waals surface area contributed by atoms with Crippen molar-refractivity contribution < 1.29 is 0 Å². The predicted molar refractivity (Wildman–Crippen MR) is 69.0 cm³/mol. The van der Waals surface area contributed by atoms with Crippen molar-refractivity contribution in [3.63, 3.8) is 0 Å². The average Bonchev–Trinajstić information content (AvgIpc) is 2.62. The number of hydrogen-bond acceptors (Lipinski definition) is 4. The largest absolute Gasteiger partial charge is 0.365 e. The van der Waals surface area contributed by atoms with Gasteiger partial charge in [0.15, 0.2) is 0 Å². The lowest BCUT2D eigenvalue weighted by Crippen LogP contribution is -2.07. The first kappa shape index (κ1) is 12.1. The van der Waals surface area contributed by atoms with Crippen molar-refractivity contribution in [1.82, 2.24) is 14.8 Å². The van der Waals surface area contributed by atoms with Crippen LogP contribution in [0.25, 0.3) is 0 Å². The number of pyridine rings is 1. The summed E-state index contributed by atoms with van der Waals surface area (Å²) in [5.74, 6) is 0.756. The second-order valence-electron chi connectivity index (χ2n) is 4.20. The van der Waals surface area contributed by atoms with Gasteiger partial charge >= 0.3 is 0 Å². The maximum Gasteiger partial charge on any atom is 0.142 e. The molecule has 1 N–H and O–H groups in total. The standard InChI is InChI=1S/C13H15N5/c1-9-7-15-5-4-11(9)8-16-13-12(6-14)10(2)17-18(13)3/h4-5,7,16H,8H2,1-3H3. The average molecular weight is 241 g/mol. The van der Waals surface area contributed by atoms with Gasteiger partial charge in [0.05, 0.1) is 5.69 Å². The Bertz CT molecular complexity index is 606. The third-order valence-electron chi connectivity index (χ3n) is 2.92. The van der Waals surface area contributed by atoms with Crippen molar-refractivity contribution in [1.29, 1.82) is 5.26 Å². The van der Waals surface area contributed by atoms with E-state index in [2.05, 4.69) is 21.5 Å². The molecule has 2 rings (SSSR count). The Morgan fingerprint density at radius 1 is 1.44 bits per heavy atom. The smallest absolute Gasteiger partial charge is 0.142 e. The first-order valence-electron chi connectivity index (χ1n) is 5.70. The number of anilines is 1. The van der Waals surface area contributed by atoms with Gasteiger partial charge in [-0.2, -0.15) is 10.4 Å². The Kier molecular flexibility index (Phi) is 3.28. The Morgan fingerprint density at radius 2 is 2.22 bits per heavy atom. The molecule has 2 aromatic heterocycles. The minimum Gasteiger partial charge on any atom is -0.365 e. The summed E-state index contributed by atoms with van der Waals surface area (Å²) in [4.78, 5) is 4.06. The Hall–Kier alpha value is -2.35. The number of nitrogens with zero attached hydrogens (tertiary/aromatic N) is 4. The fraction of sp³-hybridized carbons (Fsp3) is 0.308. The minimum absolute atomic E-state index is 0.601. The Labute approximate surface area is 106 Å². The molecular weight excluding hydrogens is 226 g/mol. The summed E-state index contributed by atoms with van der Waals surface area (Å²) in [6, 6.07) is 4.15. The fourth-order valence-corrected chi connectivity index (χ4v) is 1.87. The van der Waals surface area contributed by atoms with Crippen LogP contribution in [0, 0.1) is 25.2 Å². The molecule has 0 atom stereocenters. The first-order chi connectivity index (χ1) is 8.63. The van der Waals surface area contributed by atoms with Crippen LogP contribution >= 0.6 is 0 Å². The molecule has 0 saturated heterocycles. The molecule has 2 heterocycles. The minimum atomic E-state index is 0.601. The fourth-order valence-electron chi connectivity index (χ4n) is 1.87. The van der Waals surface area contributed by atoms with Gasteiger partial charge < -0.3 is 5.32 Å². The maximum atomic E-state index is 9.11. The molecule has 5 heteroatoms. The number of nitrogens with one attached hydrogen (secondary N) is 1. The molecule has 0 amide bonds. The van der Waals surface area contributed by atoms with E-state index >= 15 is 0 Å². The Balaban J connectivity index is 2.22. The highest BCUT2D eigenvalue weighted by Gasteiger charge is 2.12. The van der Waals surface area contributed by atoms with Crippen LogP contribution in [0.4, 0.5) is 5.82 Å². The molecule has 5 nitrogen and oxygen atoms in total. The van der Waals surface area contributed by atoms with Gasteiger partial charge in [-0.1, -0.05) is 0 Å². The molecule has 0 aliphatic rings. The van der Waals surface area contributed by atoms with Crippen LogP contribution in [-0.4, -0.2) is 14.8 Å². The summed E-state index contributed by atoms with van der Waals surface area (Å²) in [6.07, 6.45) is 3.60. The van der Waals surface area contributed by atoms with E-state index in [1.54, 1.807) is 10.9 Å². The molecule has 0 fully saturated rings. The van der Waals surface area contributed by atoms with Crippen molar-refractivity contribution in [2.45, 2.75) is 20.4 Å². The predicted octanol–water partition coefficient (Wildman–Crippen LogP) is 1.92. The van der Waals surface area contributed by atoms with Gasteiger partial charge in [0.25, 0.3) is 0 Å². The van der Waals surface area contributed by atoms with Gasteiger partial charge in [-0.05, 0) is 31.0 Å². The van der Waals surface area contributed by atoms with Crippen molar-refractivity contribution >= 4 is 5.82 Å². The molecule has 0 aromatic carbocycles. The summed E-state index contributed by atoms with van der Waals surface area (Å²) in [5.41, 5.74) is 3.63. The van der Waals surface area contributed by atoms with E-state index in [1.165, 1.54) is 0 Å². The van der Waals surface area contributed by atoms with Crippen LogP contribution < -0.4 is 5.32 Å². The first-order valence-corrected chi connectivity index (χ1v) is 5.70. The van der Waals surface area contributed by atoms with E-state index in [9.17, 15) is 0 Å². The summed E-state index contributed by atoms with van der Waals surface area (Å²) in [7, 11) is 1.83.